The molecule has 2 N–H and O–H groups in total. The van der Waals surface area contributed by atoms with Gasteiger partial charge in [0.15, 0.2) is 0 Å². The van der Waals surface area contributed by atoms with Crippen molar-refractivity contribution in [3.63, 3.8) is 0 Å². The van der Waals surface area contributed by atoms with Crippen LogP contribution in [0, 0.1) is 11.3 Å². The maximum atomic E-state index is 13.3. The van der Waals surface area contributed by atoms with Crippen molar-refractivity contribution in [3.05, 3.63) is 58.3 Å². The number of carbonyl (C=O) groups excluding carboxylic acids is 1. The first-order chi connectivity index (χ1) is 12.7. The number of piperidine rings is 1. The van der Waals surface area contributed by atoms with E-state index >= 15 is 0 Å². The number of carbonyl (C=O) groups is 1. The van der Waals surface area contributed by atoms with E-state index in [1.165, 1.54) is 0 Å². The van der Waals surface area contributed by atoms with Gasteiger partial charge >= 0.3 is 0 Å². The third kappa shape index (κ3) is 3.70. The van der Waals surface area contributed by atoms with Gasteiger partial charge in [-0.3, -0.25) is 4.79 Å². The molecule has 4 rings (SSSR count). The number of nitrogens with one attached hydrogen (secondary N) is 1. The molecule has 1 aromatic heterocycles. The Balaban J connectivity index is 1.49. The lowest BCUT2D eigenvalue weighted by atomic mass is 9.91. The molecule has 4 nitrogen and oxygen atoms in total. The van der Waals surface area contributed by atoms with Gasteiger partial charge in [0, 0.05) is 12.5 Å². The SMILES string of the molecule is O=C(C1CC12CCNCC2)N(Cc1ccccc1)CC(O)c1ccsc1. The first kappa shape index (κ1) is 17.7. The van der Waals surface area contributed by atoms with Gasteiger partial charge in [-0.25, -0.2) is 0 Å². The maximum Gasteiger partial charge on any atom is 0.226 e. The second kappa shape index (κ2) is 7.51. The number of benzene rings is 1. The maximum absolute atomic E-state index is 13.3. The van der Waals surface area contributed by atoms with Crippen molar-refractivity contribution >= 4 is 17.2 Å². The van der Waals surface area contributed by atoms with Crippen LogP contribution in [0.4, 0.5) is 0 Å². The number of nitrogens with zero attached hydrogens (tertiary/aromatic N) is 1. The molecule has 2 heterocycles. The van der Waals surface area contributed by atoms with Gasteiger partial charge in [0.2, 0.25) is 5.91 Å². The van der Waals surface area contributed by atoms with Gasteiger partial charge in [-0.05, 0) is 65.7 Å². The highest BCUT2D eigenvalue weighted by atomic mass is 32.1. The zero-order chi connectivity index (χ0) is 18.0. The fourth-order valence-electron chi connectivity index (χ4n) is 4.21. The van der Waals surface area contributed by atoms with Crippen LogP contribution in [0.3, 0.4) is 0 Å². The molecule has 1 aliphatic carbocycles. The van der Waals surface area contributed by atoms with E-state index in [9.17, 15) is 9.90 Å². The predicted molar refractivity (Wildman–Crippen MR) is 104 cm³/mol. The number of thiophene rings is 1. The molecule has 138 valence electrons. The minimum atomic E-state index is -0.628. The van der Waals surface area contributed by atoms with Gasteiger partial charge in [-0.1, -0.05) is 30.3 Å². The fourth-order valence-corrected chi connectivity index (χ4v) is 4.92. The van der Waals surface area contributed by atoms with Crippen molar-refractivity contribution < 1.29 is 9.90 Å². The van der Waals surface area contributed by atoms with Gasteiger partial charge in [0.25, 0.3) is 0 Å². The Morgan fingerprint density at radius 2 is 2.04 bits per heavy atom. The minimum Gasteiger partial charge on any atom is -0.387 e. The molecule has 2 aromatic rings. The van der Waals surface area contributed by atoms with Crippen LogP contribution >= 0.6 is 11.3 Å². The first-order valence-electron chi connectivity index (χ1n) is 9.41. The standard InChI is InChI=1S/C21H26N2O2S/c24-19(17-6-11-26-15-17)14-23(13-16-4-2-1-3-5-16)20(25)18-12-21(18)7-9-22-10-8-21/h1-6,11,15,18-19,22,24H,7-10,12-14H2. The molecule has 1 aliphatic heterocycles. The number of amides is 1. The molecule has 0 bridgehead atoms. The van der Waals surface area contributed by atoms with Crippen LogP contribution in [0.2, 0.25) is 0 Å². The predicted octanol–water partition coefficient (Wildman–Crippen LogP) is 3.20. The number of aliphatic hydroxyl groups excluding tert-OH is 1. The molecule has 1 spiro atoms. The number of aliphatic hydroxyl groups is 1. The van der Waals surface area contributed by atoms with Crippen molar-refractivity contribution in [3.8, 4) is 0 Å². The van der Waals surface area contributed by atoms with Gasteiger partial charge in [-0.2, -0.15) is 11.3 Å². The van der Waals surface area contributed by atoms with Crippen LogP contribution in [0.5, 0.6) is 0 Å². The Kier molecular flexibility index (Phi) is 5.11. The van der Waals surface area contributed by atoms with E-state index in [1.807, 2.05) is 52.1 Å². The van der Waals surface area contributed by atoms with Crippen LogP contribution in [0.25, 0.3) is 0 Å². The highest BCUT2D eigenvalue weighted by Gasteiger charge is 2.58. The lowest BCUT2D eigenvalue weighted by Crippen LogP contribution is -2.38. The second-order valence-corrected chi connectivity index (χ2v) is 8.43. The summed E-state index contributed by atoms with van der Waals surface area (Å²) in [6.07, 6.45) is 2.57. The third-order valence-corrected chi connectivity index (χ3v) is 6.64. The largest absolute Gasteiger partial charge is 0.387 e. The lowest BCUT2D eigenvalue weighted by Gasteiger charge is -2.28. The third-order valence-electron chi connectivity index (χ3n) is 5.94. The zero-order valence-electron chi connectivity index (χ0n) is 14.9. The molecular weight excluding hydrogens is 344 g/mol. The molecule has 2 fully saturated rings. The Morgan fingerprint density at radius 3 is 2.73 bits per heavy atom. The van der Waals surface area contributed by atoms with Gasteiger partial charge < -0.3 is 15.3 Å². The van der Waals surface area contributed by atoms with E-state index in [2.05, 4.69) is 5.32 Å². The van der Waals surface area contributed by atoms with E-state index in [-0.39, 0.29) is 17.2 Å². The summed E-state index contributed by atoms with van der Waals surface area (Å²) in [6, 6.07) is 12.0. The average Bonchev–Trinajstić information content (AvgIpc) is 3.10. The van der Waals surface area contributed by atoms with Crippen molar-refractivity contribution in [2.75, 3.05) is 19.6 Å². The Labute approximate surface area is 158 Å². The van der Waals surface area contributed by atoms with E-state index in [4.69, 9.17) is 0 Å². The summed E-state index contributed by atoms with van der Waals surface area (Å²) in [5.41, 5.74) is 2.22. The van der Waals surface area contributed by atoms with E-state index in [1.54, 1.807) is 11.3 Å². The molecule has 1 aromatic carbocycles. The molecule has 1 amide bonds. The smallest absolute Gasteiger partial charge is 0.226 e. The van der Waals surface area contributed by atoms with Crippen molar-refractivity contribution in [1.82, 2.24) is 10.2 Å². The second-order valence-electron chi connectivity index (χ2n) is 7.65. The van der Waals surface area contributed by atoms with Crippen molar-refractivity contribution in [1.29, 1.82) is 0 Å². The summed E-state index contributed by atoms with van der Waals surface area (Å²) in [5.74, 6) is 0.341. The molecule has 2 atom stereocenters. The quantitative estimate of drug-likeness (QED) is 0.821. The zero-order valence-corrected chi connectivity index (χ0v) is 15.8. The Morgan fingerprint density at radius 1 is 1.27 bits per heavy atom. The molecule has 5 heteroatoms. The summed E-state index contributed by atoms with van der Waals surface area (Å²) < 4.78 is 0. The topological polar surface area (TPSA) is 52.6 Å². The summed E-state index contributed by atoms with van der Waals surface area (Å²) in [7, 11) is 0. The van der Waals surface area contributed by atoms with Gasteiger partial charge in [0.05, 0.1) is 12.6 Å². The highest BCUT2D eigenvalue weighted by molar-refractivity contribution is 7.07. The molecule has 2 unspecified atom stereocenters. The van der Waals surface area contributed by atoms with Gasteiger partial charge in [0.1, 0.15) is 0 Å². The average molecular weight is 371 g/mol. The fraction of sp³-hybridized carbons (Fsp3) is 0.476. The monoisotopic (exact) mass is 370 g/mol. The Bertz CT molecular complexity index is 726. The summed E-state index contributed by atoms with van der Waals surface area (Å²) in [4.78, 5) is 15.2. The van der Waals surface area contributed by atoms with Crippen LogP contribution < -0.4 is 5.32 Å². The van der Waals surface area contributed by atoms with Crippen LogP contribution in [0.15, 0.2) is 47.2 Å². The lowest BCUT2D eigenvalue weighted by molar-refractivity contribution is -0.135. The molecule has 26 heavy (non-hydrogen) atoms. The van der Waals surface area contributed by atoms with E-state index in [0.717, 1.165) is 43.5 Å². The molecular formula is C21H26N2O2S. The highest BCUT2D eigenvalue weighted by Crippen LogP contribution is 2.59. The van der Waals surface area contributed by atoms with Crippen molar-refractivity contribution in [2.24, 2.45) is 11.3 Å². The number of hydrogen-bond acceptors (Lipinski definition) is 4. The summed E-state index contributed by atoms with van der Waals surface area (Å²) in [5, 5.41) is 17.9. The van der Waals surface area contributed by atoms with Gasteiger partial charge in [-0.15, -0.1) is 0 Å². The number of rotatable bonds is 6. The van der Waals surface area contributed by atoms with E-state index in [0.29, 0.717) is 13.1 Å². The van der Waals surface area contributed by atoms with E-state index < -0.39 is 6.10 Å². The normalized spacial score (nSPS) is 22.1. The summed E-state index contributed by atoms with van der Waals surface area (Å²) in [6.45, 7) is 2.95. The number of hydrogen-bond donors (Lipinski definition) is 2. The van der Waals surface area contributed by atoms with Crippen molar-refractivity contribution in [2.45, 2.75) is 31.9 Å². The molecule has 0 radical (unpaired) electrons. The first-order valence-corrected chi connectivity index (χ1v) is 10.4. The van der Waals surface area contributed by atoms with Crippen LogP contribution in [0.1, 0.15) is 36.5 Å². The Hall–Kier alpha value is -1.69. The molecule has 1 saturated heterocycles. The summed E-state index contributed by atoms with van der Waals surface area (Å²) >= 11 is 1.57. The molecule has 2 aliphatic rings. The van der Waals surface area contributed by atoms with Crippen LogP contribution in [-0.4, -0.2) is 35.5 Å². The van der Waals surface area contributed by atoms with Crippen LogP contribution in [-0.2, 0) is 11.3 Å². The molecule has 1 saturated carbocycles. The minimum absolute atomic E-state index is 0.128.